The summed E-state index contributed by atoms with van der Waals surface area (Å²) in [6.07, 6.45) is 2.49. The Hall–Kier alpha value is -3.22. The van der Waals surface area contributed by atoms with Gasteiger partial charge >= 0.3 is 6.09 Å². The Balaban J connectivity index is 1.59. The third-order valence-electron chi connectivity index (χ3n) is 4.41. The zero-order valence-corrected chi connectivity index (χ0v) is 13.5. The van der Waals surface area contributed by atoms with Crippen LogP contribution in [0.1, 0.15) is 0 Å². The van der Waals surface area contributed by atoms with Crippen LogP contribution in [0.15, 0.2) is 48.9 Å². The molecule has 0 radical (unpaired) electrons. The van der Waals surface area contributed by atoms with Crippen molar-refractivity contribution >= 4 is 22.8 Å². The number of rotatable bonds is 2. The number of piperazine rings is 1. The van der Waals surface area contributed by atoms with Crippen LogP contribution in [0.25, 0.3) is 22.2 Å². The van der Waals surface area contributed by atoms with E-state index in [2.05, 4.69) is 25.9 Å². The predicted octanol–water partition coefficient (Wildman–Crippen LogP) is 2.49. The van der Waals surface area contributed by atoms with E-state index in [0.717, 1.165) is 28.0 Å². The fourth-order valence-corrected chi connectivity index (χ4v) is 3.02. The highest BCUT2D eigenvalue weighted by Crippen LogP contribution is 2.24. The number of anilines is 1. The maximum absolute atomic E-state index is 11.0. The summed E-state index contributed by atoms with van der Waals surface area (Å²) in [6.45, 7) is 2.20. The van der Waals surface area contributed by atoms with Crippen LogP contribution in [0.2, 0.25) is 0 Å². The van der Waals surface area contributed by atoms with Gasteiger partial charge < -0.3 is 14.9 Å². The smallest absolute Gasteiger partial charge is 0.407 e. The standard InChI is InChI=1S/C18H17N5O2/c24-18(25)23-7-5-22(6-8-23)17-10-16(20-12-21-17)14-9-13-3-1-2-4-15(13)19-11-14/h1-4,9-12H,5-8H2,(H,24,25). The average molecular weight is 335 g/mol. The Kier molecular flexibility index (Phi) is 3.89. The second kappa shape index (κ2) is 6.35. The Morgan fingerprint density at radius 3 is 2.60 bits per heavy atom. The zero-order chi connectivity index (χ0) is 17.2. The van der Waals surface area contributed by atoms with Crippen molar-refractivity contribution in [2.24, 2.45) is 0 Å². The first kappa shape index (κ1) is 15.3. The molecule has 7 nitrogen and oxygen atoms in total. The maximum atomic E-state index is 11.0. The predicted molar refractivity (Wildman–Crippen MR) is 94.6 cm³/mol. The van der Waals surface area contributed by atoms with Crippen molar-refractivity contribution in [3.05, 3.63) is 48.9 Å². The van der Waals surface area contributed by atoms with Crippen molar-refractivity contribution in [2.75, 3.05) is 31.1 Å². The van der Waals surface area contributed by atoms with E-state index in [1.807, 2.05) is 36.5 Å². The Bertz CT molecular complexity index is 922. The van der Waals surface area contributed by atoms with E-state index in [0.29, 0.717) is 26.2 Å². The minimum absolute atomic E-state index is 0.478. The van der Waals surface area contributed by atoms with Crippen LogP contribution in [0.5, 0.6) is 0 Å². The number of hydrogen-bond donors (Lipinski definition) is 1. The van der Waals surface area contributed by atoms with Crippen molar-refractivity contribution in [2.45, 2.75) is 0 Å². The molecule has 0 aliphatic carbocycles. The number of carbonyl (C=O) groups is 1. The SMILES string of the molecule is O=C(O)N1CCN(c2cc(-c3cnc4ccccc4c3)ncn2)CC1. The minimum Gasteiger partial charge on any atom is -0.465 e. The second-order valence-electron chi connectivity index (χ2n) is 5.93. The molecule has 0 spiro atoms. The van der Waals surface area contributed by atoms with Gasteiger partial charge in [0.2, 0.25) is 0 Å². The lowest BCUT2D eigenvalue weighted by Gasteiger charge is -2.33. The first-order valence-electron chi connectivity index (χ1n) is 8.11. The summed E-state index contributed by atoms with van der Waals surface area (Å²) in [4.78, 5) is 27.7. The molecule has 0 saturated carbocycles. The molecule has 3 heterocycles. The summed E-state index contributed by atoms with van der Waals surface area (Å²) in [5.41, 5.74) is 2.70. The number of aromatic nitrogens is 3. The van der Waals surface area contributed by atoms with Crippen molar-refractivity contribution < 1.29 is 9.90 Å². The monoisotopic (exact) mass is 335 g/mol. The van der Waals surface area contributed by atoms with Gasteiger partial charge in [-0.25, -0.2) is 14.8 Å². The summed E-state index contributed by atoms with van der Waals surface area (Å²) in [5.74, 6) is 0.809. The summed E-state index contributed by atoms with van der Waals surface area (Å²) < 4.78 is 0. The number of benzene rings is 1. The lowest BCUT2D eigenvalue weighted by molar-refractivity contribution is 0.142. The summed E-state index contributed by atoms with van der Waals surface area (Å²) in [7, 11) is 0. The van der Waals surface area contributed by atoms with Crippen LogP contribution >= 0.6 is 0 Å². The quantitative estimate of drug-likeness (QED) is 0.775. The number of nitrogens with zero attached hydrogens (tertiary/aromatic N) is 5. The Morgan fingerprint density at radius 1 is 1.00 bits per heavy atom. The van der Waals surface area contributed by atoms with Crippen LogP contribution < -0.4 is 4.90 Å². The Labute approximate surface area is 144 Å². The molecule has 126 valence electrons. The van der Waals surface area contributed by atoms with Gasteiger partial charge in [-0.3, -0.25) is 4.98 Å². The van der Waals surface area contributed by atoms with Gasteiger partial charge in [0.15, 0.2) is 0 Å². The van der Waals surface area contributed by atoms with E-state index in [4.69, 9.17) is 5.11 Å². The topological polar surface area (TPSA) is 82.5 Å². The minimum atomic E-state index is -0.870. The fourth-order valence-electron chi connectivity index (χ4n) is 3.02. The summed E-state index contributed by atoms with van der Waals surface area (Å²) in [6, 6.07) is 12.0. The molecule has 1 N–H and O–H groups in total. The van der Waals surface area contributed by atoms with Crippen molar-refractivity contribution in [1.29, 1.82) is 0 Å². The van der Waals surface area contributed by atoms with Crippen molar-refractivity contribution in [1.82, 2.24) is 19.9 Å². The molecule has 1 fully saturated rings. The molecule has 7 heteroatoms. The van der Waals surface area contributed by atoms with Gasteiger partial charge in [0.05, 0.1) is 11.2 Å². The van der Waals surface area contributed by atoms with Gasteiger partial charge in [-0.05, 0) is 12.1 Å². The van der Waals surface area contributed by atoms with Crippen molar-refractivity contribution in [3.8, 4) is 11.3 Å². The van der Waals surface area contributed by atoms with Crippen LogP contribution in [-0.4, -0.2) is 57.2 Å². The van der Waals surface area contributed by atoms with Crippen LogP contribution in [0, 0.1) is 0 Å². The molecule has 1 saturated heterocycles. The molecule has 1 amide bonds. The van der Waals surface area contributed by atoms with E-state index >= 15 is 0 Å². The largest absolute Gasteiger partial charge is 0.465 e. The average Bonchev–Trinajstić information content (AvgIpc) is 2.68. The number of amides is 1. The molecule has 3 aromatic rings. The molecule has 0 atom stereocenters. The number of pyridine rings is 1. The highest BCUT2D eigenvalue weighted by Gasteiger charge is 2.21. The number of para-hydroxylation sites is 1. The van der Waals surface area contributed by atoms with Gasteiger partial charge in [0, 0.05) is 49.4 Å². The number of carboxylic acid groups (broad SMARTS) is 1. The second-order valence-corrected chi connectivity index (χ2v) is 5.93. The fraction of sp³-hybridized carbons (Fsp3) is 0.222. The molecular formula is C18H17N5O2. The molecule has 0 bridgehead atoms. The first-order chi connectivity index (χ1) is 12.2. The van der Waals surface area contributed by atoms with E-state index in [1.165, 1.54) is 4.90 Å². The van der Waals surface area contributed by atoms with E-state index < -0.39 is 6.09 Å². The van der Waals surface area contributed by atoms with E-state index in [1.54, 1.807) is 6.33 Å². The third-order valence-corrected chi connectivity index (χ3v) is 4.41. The Morgan fingerprint density at radius 2 is 1.80 bits per heavy atom. The van der Waals surface area contributed by atoms with Gasteiger partial charge in [-0.2, -0.15) is 0 Å². The van der Waals surface area contributed by atoms with Gasteiger partial charge in [-0.15, -0.1) is 0 Å². The highest BCUT2D eigenvalue weighted by atomic mass is 16.4. The number of hydrogen-bond acceptors (Lipinski definition) is 5. The van der Waals surface area contributed by atoms with Crippen LogP contribution in [-0.2, 0) is 0 Å². The molecule has 1 aliphatic heterocycles. The highest BCUT2D eigenvalue weighted by molar-refractivity contribution is 5.83. The van der Waals surface area contributed by atoms with Gasteiger partial charge in [0.1, 0.15) is 12.1 Å². The van der Waals surface area contributed by atoms with E-state index in [-0.39, 0.29) is 0 Å². The first-order valence-corrected chi connectivity index (χ1v) is 8.11. The maximum Gasteiger partial charge on any atom is 0.407 e. The summed E-state index contributed by atoms with van der Waals surface area (Å²) in [5, 5.41) is 10.1. The molecule has 25 heavy (non-hydrogen) atoms. The molecule has 1 aliphatic rings. The number of fused-ring (bicyclic) bond motifs is 1. The lowest BCUT2D eigenvalue weighted by Crippen LogP contribution is -2.48. The third kappa shape index (κ3) is 3.08. The molecular weight excluding hydrogens is 318 g/mol. The van der Waals surface area contributed by atoms with Gasteiger partial charge in [-0.1, -0.05) is 18.2 Å². The lowest BCUT2D eigenvalue weighted by atomic mass is 10.1. The van der Waals surface area contributed by atoms with Crippen LogP contribution in [0.3, 0.4) is 0 Å². The molecule has 0 unspecified atom stereocenters. The van der Waals surface area contributed by atoms with E-state index in [9.17, 15) is 4.79 Å². The van der Waals surface area contributed by atoms with Crippen LogP contribution in [0.4, 0.5) is 10.6 Å². The molecule has 4 rings (SSSR count). The van der Waals surface area contributed by atoms with Crippen molar-refractivity contribution in [3.63, 3.8) is 0 Å². The zero-order valence-electron chi connectivity index (χ0n) is 13.5. The normalized spacial score (nSPS) is 14.7. The van der Waals surface area contributed by atoms with Gasteiger partial charge in [0.25, 0.3) is 0 Å². The molecule has 2 aromatic heterocycles. The molecule has 1 aromatic carbocycles. The summed E-state index contributed by atoms with van der Waals surface area (Å²) >= 11 is 0.